The third-order valence-corrected chi connectivity index (χ3v) is 2.47. The number of anilines is 1. The van der Waals surface area contributed by atoms with E-state index in [1.54, 1.807) is 19.1 Å². The lowest BCUT2D eigenvalue weighted by atomic mass is 10.2. The number of nitrogens with one attached hydrogen (secondary N) is 1. The third kappa shape index (κ3) is 1.84. The van der Waals surface area contributed by atoms with Crippen LogP contribution in [0.3, 0.4) is 0 Å². The number of aromatic nitrogens is 2. The Kier molecular flexibility index (Phi) is 2.65. The van der Waals surface area contributed by atoms with Gasteiger partial charge in [0.05, 0.1) is 10.5 Å². The Morgan fingerprint density at radius 1 is 1.27 bits per heavy atom. The molecule has 6 heteroatoms. The summed E-state index contributed by atoms with van der Waals surface area (Å²) < 4.78 is 0. The van der Waals surface area contributed by atoms with Crippen LogP contribution in [0.15, 0.2) is 12.1 Å². The molecule has 0 saturated carbocycles. The molecule has 3 N–H and O–H groups in total. The van der Waals surface area contributed by atoms with Gasteiger partial charge in [0.1, 0.15) is 5.82 Å². The number of rotatable bonds is 1. The minimum atomic E-state index is 0.486. The lowest BCUT2D eigenvalue weighted by Gasteiger charge is -2.07. The molecule has 0 atom stereocenters. The molecule has 1 aromatic carbocycles. The molecule has 2 rings (SSSR count). The second-order valence-electron chi connectivity index (χ2n) is 3.05. The second kappa shape index (κ2) is 3.81. The van der Waals surface area contributed by atoms with Crippen LogP contribution >= 0.6 is 23.2 Å². The number of aryl methyl sites for hydroxylation is 1. The number of hydrogen-bond donors (Lipinski definition) is 2. The standard InChI is InChI=1S/C9H8Cl2N4/c1-4-13-8-6(9(14-4)15-12)2-5(10)3-7(8)11/h2-3H,12H2,1H3,(H,13,14,15). The number of hydrogen-bond acceptors (Lipinski definition) is 4. The molecule has 0 aliphatic carbocycles. The fraction of sp³-hybridized carbons (Fsp3) is 0.111. The maximum absolute atomic E-state index is 6.02. The Morgan fingerprint density at radius 2 is 2.00 bits per heavy atom. The molecule has 2 aromatic rings. The Morgan fingerprint density at radius 3 is 2.67 bits per heavy atom. The van der Waals surface area contributed by atoms with Gasteiger partial charge in [-0.15, -0.1) is 0 Å². The molecule has 4 nitrogen and oxygen atoms in total. The molecule has 15 heavy (non-hydrogen) atoms. The highest BCUT2D eigenvalue weighted by Gasteiger charge is 2.09. The highest BCUT2D eigenvalue weighted by Crippen LogP contribution is 2.29. The first-order valence-corrected chi connectivity index (χ1v) is 4.97. The molecule has 0 saturated heterocycles. The smallest absolute Gasteiger partial charge is 0.151 e. The molecular formula is C9H8Cl2N4. The van der Waals surface area contributed by atoms with Crippen LogP contribution in [0.2, 0.25) is 10.0 Å². The van der Waals surface area contributed by atoms with Crippen LogP contribution in [0.4, 0.5) is 5.82 Å². The average Bonchev–Trinajstić information content (AvgIpc) is 2.18. The minimum Gasteiger partial charge on any atom is -0.308 e. The predicted molar refractivity (Wildman–Crippen MR) is 62.1 cm³/mol. The van der Waals surface area contributed by atoms with Gasteiger partial charge in [0.2, 0.25) is 0 Å². The van der Waals surface area contributed by atoms with Crippen molar-refractivity contribution in [1.82, 2.24) is 9.97 Å². The fourth-order valence-corrected chi connectivity index (χ4v) is 1.91. The Bertz CT molecular complexity index is 527. The SMILES string of the molecule is Cc1nc(NN)c2cc(Cl)cc(Cl)c2n1. The number of nitrogen functional groups attached to an aromatic ring is 1. The van der Waals surface area contributed by atoms with Crippen LogP contribution in [0.25, 0.3) is 10.9 Å². The van der Waals surface area contributed by atoms with Gasteiger partial charge in [0, 0.05) is 10.4 Å². The van der Waals surface area contributed by atoms with Crippen molar-refractivity contribution in [2.24, 2.45) is 5.84 Å². The quantitative estimate of drug-likeness (QED) is 0.596. The Balaban J connectivity index is 2.89. The maximum Gasteiger partial charge on any atom is 0.151 e. The Hall–Kier alpha value is -1.10. The van der Waals surface area contributed by atoms with Crippen molar-refractivity contribution in [3.05, 3.63) is 28.0 Å². The van der Waals surface area contributed by atoms with Gasteiger partial charge >= 0.3 is 0 Å². The Labute approximate surface area is 96.4 Å². The molecule has 0 radical (unpaired) electrons. The van der Waals surface area contributed by atoms with E-state index < -0.39 is 0 Å². The first-order chi connectivity index (χ1) is 7.11. The number of nitrogens with zero attached hydrogens (tertiary/aromatic N) is 2. The summed E-state index contributed by atoms with van der Waals surface area (Å²) in [5.41, 5.74) is 3.14. The average molecular weight is 243 g/mol. The molecule has 0 bridgehead atoms. The minimum absolute atomic E-state index is 0.486. The van der Waals surface area contributed by atoms with Crippen LogP contribution in [0, 0.1) is 6.92 Å². The van der Waals surface area contributed by atoms with E-state index in [2.05, 4.69) is 15.4 Å². The van der Waals surface area contributed by atoms with E-state index in [0.29, 0.717) is 32.6 Å². The number of halogens is 2. The van der Waals surface area contributed by atoms with Gasteiger partial charge in [0.25, 0.3) is 0 Å². The van der Waals surface area contributed by atoms with Crippen LogP contribution in [-0.4, -0.2) is 9.97 Å². The summed E-state index contributed by atoms with van der Waals surface area (Å²) in [6, 6.07) is 3.36. The van der Waals surface area contributed by atoms with Crippen molar-refractivity contribution in [2.45, 2.75) is 6.92 Å². The topological polar surface area (TPSA) is 63.8 Å². The van der Waals surface area contributed by atoms with Gasteiger partial charge in [-0.2, -0.15) is 0 Å². The summed E-state index contributed by atoms with van der Waals surface area (Å²) in [5, 5.41) is 1.72. The number of fused-ring (bicyclic) bond motifs is 1. The monoisotopic (exact) mass is 242 g/mol. The summed E-state index contributed by atoms with van der Waals surface area (Å²) in [6.45, 7) is 1.77. The van der Waals surface area contributed by atoms with Crippen LogP contribution in [-0.2, 0) is 0 Å². The zero-order valence-electron chi connectivity index (χ0n) is 7.88. The molecule has 0 spiro atoms. The van der Waals surface area contributed by atoms with Crippen LogP contribution in [0.1, 0.15) is 5.82 Å². The second-order valence-corrected chi connectivity index (χ2v) is 3.89. The number of hydrazine groups is 1. The molecule has 1 heterocycles. The van der Waals surface area contributed by atoms with Crippen molar-refractivity contribution < 1.29 is 0 Å². The normalized spacial score (nSPS) is 10.7. The first-order valence-electron chi connectivity index (χ1n) is 4.22. The van der Waals surface area contributed by atoms with Gasteiger partial charge in [-0.25, -0.2) is 15.8 Å². The highest BCUT2D eigenvalue weighted by molar-refractivity contribution is 6.38. The predicted octanol–water partition coefficient (Wildman–Crippen LogP) is 2.53. The highest BCUT2D eigenvalue weighted by atomic mass is 35.5. The zero-order valence-corrected chi connectivity index (χ0v) is 9.39. The summed E-state index contributed by atoms with van der Waals surface area (Å²) in [5.74, 6) is 6.47. The molecule has 0 fully saturated rings. The van der Waals surface area contributed by atoms with E-state index in [0.717, 1.165) is 0 Å². The molecule has 1 aromatic heterocycles. The van der Waals surface area contributed by atoms with E-state index in [1.807, 2.05) is 0 Å². The first kappa shape index (κ1) is 10.4. The van der Waals surface area contributed by atoms with Crippen LogP contribution < -0.4 is 11.3 Å². The van der Waals surface area contributed by atoms with E-state index in [-0.39, 0.29) is 0 Å². The van der Waals surface area contributed by atoms with Gasteiger partial charge in [-0.3, -0.25) is 0 Å². The van der Waals surface area contributed by atoms with E-state index >= 15 is 0 Å². The number of benzene rings is 1. The summed E-state index contributed by atoms with van der Waals surface area (Å²) in [4.78, 5) is 8.37. The van der Waals surface area contributed by atoms with Gasteiger partial charge < -0.3 is 5.43 Å². The maximum atomic E-state index is 6.02. The molecule has 0 aliphatic rings. The molecule has 78 valence electrons. The fourth-order valence-electron chi connectivity index (χ4n) is 1.38. The van der Waals surface area contributed by atoms with Crippen LogP contribution in [0.5, 0.6) is 0 Å². The van der Waals surface area contributed by atoms with E-state index in [1.165, 1.54) is 0 Å². The zero-order chi connectivity index (χ0) is 11.0. The van der Waals surface area contributed by atoms with Crippen molar-refractivity contribution in [1.29, 1.82) is 0 Å². The lowest BCUT2D eigenvalue weighted by molar-refractivity contribution is 1.08. The van der Waals surface area contributed by atoms with Gasteiger partial charge in [-0.05, 0) is 19.1 Å². The van der Waals surface area contributed by atoms with Gasteiger partial charge in [0.15, 0.2) is 5.82 Å². The largest absolute Gasteiger partial charge is 0.308 e. The van der Waals surface area contributed by atoms with Crippen molar-refractivity contribution >= 4 is 39.9 Å². The van der Waals surface area contributed by atoms with Gasteiger partial charge in [-0.1, -0.05) is 23.2 Å². The van der Waals surface area contributed by atoms with E-state index in [9.17, 15) is 0 Å². The summed E-state index contributed by atoms with van der Waals surface area (Å²) >= 11 is 11.9. The molecular weight excluding hydrogens is 235 g/mol. The van der Waals surface area contributed by atoms with E-state index in [4.69, 9.17) is 29.0 Å². The summed E-state index contributed by atoms with van der Waals surface area (Å²) in [6.07, 6.45) is 0. The molecule has 0 amide bonds. The summed E-state index contributed by atoms with van der Waals surface area (Å²) in [7, 11) is 0. The third-order valence-electron chi connectivity index (χ3n) is 1.97. The number of nitrogens with two attached hydrogens (primary N) is 1. The van der Waals surface area contributed by atoms with Crippen molar-refractivity contribution in [3.63, 3.8) is 0 Å². The van der Waals surface area contributed by atoms with Crippen molar-refractivity contribution in [3.8, 4) is 0 Å². The molecule has 0 aliphatic heterocycles. The van der Waals surface area contributed by atoms with Crippen molar-refractivity contribution in [2.75, 3.05) is 5.43 Å². The molecule has 0 unspecified atom stereocenters. The lowest BCUT2D eigenvalue weighted by Crippen LogP contribution is -2.10.